The number of hydrogen-bond acceptors (Lipinski definition) is 6. The number of fused-ring (bicyclic) bond motifs is 2. The second kappa shape index (κ2) is 8.67. The van der Waals surface area contributed by atoms with E-state index in [1.54, 1.807) is 23.1 Å². The molecular weight excluding hydrogens is 471 g/mol. The van der Waals surface area contributed by atoms with Crippen LogP contribution in [0.1, 0.15) is 36.2 Å². The van der Waals surface area contributed by atoms with Gasteiger partial charge in [-0.2, -0.15) is 0 Å². The molecule has 2 aliphatic heterocycles. The summed E-state index contributed by atoms with van der Waals surface area (Å²) >= 11 is 0. The Kier molecular flexibility index (Phi) is 5.62. The summed E-state index contributed by atoms with van der Waals surface area (Å²) < 4.78 is 23.3. The Labute approximate surface area is 204 Å². The highest BCUT2D eigenvalue weighted by molar-refractivity contribution is 5.99. The number of rotatable bonds is 5. The molecule has 3 N–H and O–H groups in total. The van der Waals surface area contributed by atoms with Gasteiger partial charge in [-0.1, -0.05) is 6.07 Å². The molecule has 2 amide bonds. The van der Waals surface area contributed by atoms with Crippen LogP contribution >= 0.6 is 0 Å². The Morgan fingerprint density at radius 2 is 1.97 bits per heavy atom. The molecule has 1 aromatic heterocycles. The summed E-state index contributed by atoms with van der Waals surface area (Å²) in [5.41, 5.74) is 0.260. The van der Waals surface area contributed by atoms with Crippen molar-refractivity contribution in [3.8, 4) is 17.2 Å². The number of hydrogen-bond donors (Lipinski definition) is 3. The predicted molar refractivity (Wildman–Crippen MR) is 128 cm³/mol. The van der Waals surface area contributed by atoms with Crippen molar-refractivity contribution in [3.05, 3.63) is 57.6 Å². The van der Waals surface area contributed by atoms with E-state index < -0.39 is 22.8 Å². The van der Waals surface area contributed by atoms with Crippen LogP contribution < -0.4 is 25.7 Å². The summed E-state index contributed by atoms with van der Waals surface area (Å²) in [6.07, 6.45) is 1.82. The number of pyridine rings is 1. The number of halogens is 1. The quantitative estimate of drug-likeness (QED) is 0.388. The van der Waals surface area contributed by atoms with Crippen LogP contribution in [0.4, 0.5) is 10.1 Å². The van der Waals surface area contributed by atoms with Crippen molar-refractivity contribution in [2.45, 2.75) is 32.9 Å². The Hall–Kier alpha value is -4.41. The lowest BCUT2D eigenvalue weighted by atomic mass is 10.0. The third-order valence-corrected chi connectivity index (χ3v) is 6.35. The number of carbonyl (C=O) groups is 3. The first kappa shape index (κ1) is 23.3. The van der Waals surface area contributed by atoms with Gasteiger partial charge in [-0.25, -0.2) is 9.18 Å². The number of benzene rings is 2. The lowest BCUT2D eigenvalue weighted by molar-refractivity contribution is -0.120. The average molecular weight is 494 g/mol. The standard InChI is InChI=1S/C25H23FN4O6/c1-12(31)27-9-14-3-4-19-20(7-14)36-24-21-16(23(33)17(25(34)35)11-30(19)21)8-18(26)22(24)29-6-5-15(10-29)28-13(2)32/h3-4,7-8,11,15H,5-6,9-10H2,1-2H3,(H,27,31)(H,28,32)(H,34,35). The molecule has 1 saturated heterocycles. The van der Waals surface area contributed by atoms with Crippen molar-refractivity contribution in [3.63, 3.8) is 0 Å². The smallest absolute Gasteiger partial charge is 0.341 e. The molecule has 1 fully saturated rings. The van der Waals surface area contributed by atoms with Crippen molar-refractivity contribution in [2.24, 2.45) is 0 Å². The van der Waals surface area contributed by atoms with Crippen LogP contribution in [-0.4, -0.2) is 46.6 Å². The zero-order valence-corrected chi connectivity index (χ0v) is 19.6. The van der Waals surface area contributed by atoms with Gasteiger partial charge in [0.1, 0.15) is 16.8 Å². The molecule has 2 aliphatic rings. The molecule has 1 atom stereocenters. The summed E-state index contributed by atoms with van der Waals surface area (Å²) in [4.78, 5) is 49.4. The van der Waals surface area contributed by atoms with E-state index in [-0.39, 0.29) is 46.7 Å². The SMILES string of the molecule is CC(=O)NCc1ccc2c(c1)Oc1c(N3CCC(NC(C)=O)C3)c(F)cc3c(=O)c(C(=O)O)cn-2c13. The van der Waals surface area contributed by atoms with Crippen LogP contribution in [0, 0.1) is 5.82 Å². The van der Waals surface area contributed by atoms with Crippen molar-refractivity contribution in [1.82, 2.24) is 15.2 Å². The zero-order valence-electron chi connectivity index (χ0n) is 19.6. The molecule has 1 unspecified atom stereocenters. The lowest BCUT2D eigenvalue weighted by Gasteiger charge is -2.29. The average Bonchev–Trinajstić information content (AvgIpc) is 3.25. The molecule has 3 heterocycles. The number of ether oxygens (including phenoxy) is 1. The maximum absolute atomic E-state index is 15.6. The lowest BCUT2D eigenvalue weighted by Crippen LogP contribution is -2.35. The van der Waals surface area contributed by atoms with Gasteiger partial charge in [-0.05, 0) is 30.2 Å². The van der Waals surface area contributed by atoms with E-state index >= 15 is 4.39 Å². The minimum absolute atomic E-state index is 0.0895. The monoisotopic (exact) mass is 494 g/mol. The van der Waals surface area contributed by atoms with Gasteiger partial charge in [0, 0.05) is 45.7 Å². The van der Waals surface area contributed by atoms with Gasteiger partial charge in [-0.3, -0.25) is 14.4 Å². The van der Waals surface area contributed by atoms with Gasteiger partial charge < -0.3 is 29.9 Å². The van der Waals surface area contributed by atoms with Gasteiger partial charge in [0.2, 0.25) is 17.2 Å². The Morgan fingerprint density at radius 3 is 2.67 bits per heavy atom. The van der Waals surface area contributed by atoms with Crippen molar-refractivity contribution in [1.29, 1.82) is 0 Å². The van der Waals surface area contributed by atoms with Crippen molar-refractivity contribution in [2.75, 3.05) is 18.0 Å². The molecule has 0 radical (unpaired) electrons. The summed E-state index contributed by atoms with van der Waals surface area (Å²) in [6.45, 7) is 3.83. The van der Waals surface area contributed by atoms with Crippen LogP contribution in [0.25, 0.3) is 16.6 Å². The number of carbonyl (C=O) groups excluding carboxylic acids is 2. The molecule has 0 spiro atoms. The first-order valence-corrected chi connectivity index (χ1v) is 11.4. The molecule has 0 aliphatic carbocycles. The summed E-state index contributed by atoms with van der Waals surface area (Å²) in [6, 6.07) is 5.98. The van der Waals surface area contributed by atoms with Gasteiger partial charge in [0.15, 0.2) is 17.3 Å². The number of carboxylic acids is 1. The first-order valence-electron chi connectivity index (χ1n) is 11.4. The molecule has 5 rings (SSSR count). The van der Waals surface area contributed by atoms with Crippen LogP contribution in [0.15, 0.2) is 35.3 Å². The Morgan fingerprint density at radius 1 is 1.19 bits per heavy atom. The van der Waals surface area contributed by atoms with Crippen molar-refractivity contribution < 1.29 is 28.6 Å². The van der Waals surface area contributed by atoms with Crippen molar-refractivity contribution >= 4 is 34.4 Å². The number of nitrogens with zero attached hydrogens (tertiary/aromatic N) is 2. The Balaban J connectivity index is 1.71. The maximum atomic E-state index is 15.6. The maximum Gasteiger partial charge on any atom is 0.341 e. The van der Waals surface area contributed by atoms with Crippen LogP contribution in [0.2, 0.25) is 0 Å². The summed E-state index contributed by atoms with van der Waals surface area (Å²) in [5.74, 6) is -2.15. The van der Waals surface area contributed by atoms with E-state index in [9.17, 15) is 24.3 Å². The number of amides is 2. The number of carboxylic acid groups (broad SMARTS) is 1. The third kappa shape index (κ3) is 3.92. The number of anilines is 1. The van der Waals surface area contributed by atoms with E-state index in [2.05, 4.69) is 10.6 Å². The molecule has 11 heteroatoms. The molecule has 0 bridgehead atoms. The molecule has 2 aromatic carbocycles. The molecule has 36 heavy (non-hydrogen) atoms. The normalized spacial score (nSPS) is 15.9. The van der Waals surface area contributed by atoms with Crippen LogP contribution in [0.3, 0.4) is 0 Å². The fraction of sp³-hybridized carbons (Fsp3) is 0.280. The van der Waals surface area contributed by atoms with E-state index in [0.717, 1.165) is 6.07 Å². The van der Waals surface area contributed by atoms with Crippen LogP contribution in [0.5, 0.6) is 11.5 Å². The Bertz CT molecular complexity index is 1510. The van der Waals surface area contributed by atoms with Gasteiger partial charge >= 0.3 is 5.97 Å². The minimum atomic E-state index is -1.43. The van der Waals surface area contributed by atoms with Gasteiger partial charge in [0.05, 0.1) is 11.1 Å². The highest BCUT2D eigenvalue weighted by Gasteiger charge is 2.33. The van der Waals surface area contributed by atoms with Gasteiger partial charge in [0.25, 0.3) is 0 Å². The summed E-state index contributed by atoms with van der Waals surface area (Å²) in [7, 11) is 0. The third-order valence-electron chi connectivity index (χ3n) is 6.35. The molecule has 186 valence electrons. The minimum Gasteiger partial charge on any atom is -0.477 e. The van der Waals surface area contributed by atoms with Crippen LogP contribution in [-0.2, 0) is 16.1 Å². The molecule has 0 saturated carbocycles. The first-order chi connectivity index (χ1) is 17.1. The fourth-order valence-electron chi connectivity index (χ4n) is 4.80. The largest absolute Gasteiger partial charge is 0.477 e. The predicted octanol–water partition coefficient (Wildman–Crippen LogP) is 2.28. The number of aromatic nitrogens is 1. The zero-order chi connectivity index (χ0) is 25.7. The van der Waals surface area contributed by atoms with E-state index in [1.165, 1.54) is 24.6 Å². The number of aromatic carboxylic acids is 1. The van der Waals surface area contributed by atoms with Gasteiger partial charge in [-0.15, -0.1) is 0 Å². The molecule has 3 aromatic rings. The second-order valence-electron chi connectivity index (χ2n) is 8.93. The second-order valence-corrected chi connectivity index (χ2v) is 8.93. The van der Waals surface area contributed by atoms with E-state index in [0.29, 0.717) is 36.5 Å². The highest BCUT2D eigenvalue weighted by atomic mass is 19.1. The summed E-state index contributed by atoms with van der Waals surface area (Å²) in [5, 5.41) is 15.0. The fourth-order valence-corrected chi connectivity index (χ4v) is 4.80. The molecular formula is C25H23FN4O6. The topological polar surface area (TPSA) is 130 Å². The van der Waals surface area contributed by atoms with E-state index in [4.69, 9.17) is 4.74 Å². The highest BCUT2D eigenvalue weighted by Crippen LogP contribution is 2.47. The number of nitrogens with one attached hydrogen (secondary N) is 2. The van der Waals surface area contributed by atoms with E-state index in [1.807, 2.05) is 0 Å². The molecule has 10 nitrogen and oxygen atoms in total.